The highest BCUT2D eigenvalue weighted by atomic mass is 35.5. The summed E-state index contributed by atoms with van der Waals surface area (Å²) in [5, 5.41) is 6.05. The van der Waals surface area contributed by atoms with E-state index in [9.17, 15) is 9.59 Å². The zero-order chi connectivity index (χ0) is 20.5. The number of methoxy groups -OCH3 is 2. The van der Waals surface area contributed by atoms with Crippen LogP contribution in [0.1, 0.15) is 6.92 Å². The second-order valence-corrected chi connectivity index (χ2v) is 6.38. The summed E-state index contributed by atoms with van der Waals surface area (Å²) in [6.45, 7) is 2.52. The summed E-state index contributed by atoms with van der Waals surface area (Å²) in [5.74, 6) is 0.575. The number of rotatable bonds is 9. The minimum Gasteiger partial charge on any atom is -0.495 e. The van der Waals surface area contributed by atoms with Crippen LogP contribution in [0.3, 0.4) is 0 Å². The molecule has 2 N–H and O–H groups in total. The normalized spacial score (nSPS) is 10.5. The number of nitrogens with one attached hydrogen (secondary N) is 2. The second-order valence-electron chi connectivity index (χ2n) is 5.94. The standard InChI is InChI=1S/C20H24ClN3O4/c1-4-24(12-19(25)22-15-7-5-6-8-17(15)27-2)13-20(26)23-16-11-14(21)9-10-18(16)28-3/h5-11H,4,12-13H2,1-3H3,(H,22,25)(H,23,26). The van der Waals surface area contributed by atoms with Gasteiger partial charge in [0.2, 0.25) is 11.8 Å². The van der Waals surface area contributed by atoms with Crippen LogP contribution in [-0.4, -0.2) is 50.6 Å². The van der Waals surface area contributed by atoms with Crippen molar-refractivity contribution < 1.29 is 19.1 Å². The van der Waals surface area contributed by atoms with Crippen LogP contribution in [0, 0.1) is 0 Å². The lowest BCUT2D eigenvalue weighted by molar-refractivity contribution is -0.119. The van der Waals surface area contributed by atoms with Gasteiger partial charge >= 0.3 is 0 Å². The van der Waals surface area contributed by atoms with Gasteiger partial charge in [0.15, 0.2) is 0 Å². The molecule has 0 unspecified atom stereocenters. The second kappa shape index (κ2) is 10.5. The number of anilines is 2. The van der Waals surface area contributed by atoms with Gasteiger partial charge in [-0.3, -0.25) is 14.5 Å². The van der Waals surface area contributed by atoms with E-state index in [1.165, 1.54) is 14.2 Å². The first-order chi connectivity index (χ1) is 13.5. The third kappa shape index (κ3) is 6.14. The van der Waals surface area contributed by atoms with Gasteiger partial charge in [-0.05, 0) is 36.9 Å². The van der Waals surface area contributed by atoms with E-state index < -0.39 is 0 Å². The third-order valence-corrected chi connectivity index (χ3v) is 4.23. The van der Waals surface area contributed by atoms with Crippen molar-refractivity contribution in [2.24, 2.45) is 0 Å². The van der Waals surface area contributed by atoms with Crippen molar-refractivity contribution in [1.29, 1.82) is 0 Å². The number of likely N-dealkylation sites (N-methyl/N-ethyl adjacent to an activating group) is 1. The molecule has 0 aliphatic rings. The summed E-state index contributed by atoms with van der Waals surface area (Å²) in [4.78, 5) is 26.5. The number of ether oxygens (including phenoxy) is 2. The Morgan fingerprint density at radius 2 is 1.50 bits per heavy atom. The Morgan fingerprint density at radius 3 is 2.11 bits per heavy atom. The van der Waals surface area contributed by atoms with E-state index in [1.807, 2.05) is 19.1 Å². The number of halogens is 1. The van der Waals surface area contributed by atoms with E-state index in [4.69, 9.17) is 21.1 Å². The maximum absolute atomic E-state index is 12.4. The fourth-order valence-electron chi connectivity index (χ4n) is 2.59. The van der Waals surface area contributed by atoms with E-state index in [-0.39, 0.29) is 24.9 Å². The maximum atomic E-state index is 12.4. The molecule has 28 heavy (non-hydrogen) atoms. The largest absolute Gasteiger partial charge is 0.495 e. The number of carbonyl (C=O) groups is 2. The topological polar surface area (TPSA) is 79.9 Å². The van der Waals surface area contributed by atoms with Gasteiger partial charge in [-0.25, -0.2) is 0 Å². The first-order valence-corrected chi connectivity index (χ1v) is 9.13. The number of nitrogens with zero attached hydrogens (tertiary/aromatic N) is 1. The van der Waals surface area contributed by atoms with Crippen LogP contribution in [0.15, 0.2) is 42.5 Å². The first kappa shape index (κ1) is 21.5. The molecule has 0 atom stereocenters. The zero-order valence-corrected chi connectivity index (χ0v) is 16.9. The van der Waals surface area contributed by atoms with Crippen molar-refractivity contribution >= 4 is 34.8 Å². The van der Waals surface area contributed by atoms with Gasteiger partial charge < -0.3 is 20.1 Å². The van der Waals surface area contributed by atoms with Crippen molar-refractivity contribution in [3.8, 4) is 11.5 Å². The number of hydrogen-bond donors (Lipinski definition) is 2. The summed E-state index contributed by atoms with van der Waals surface area (Å²) >= 11 is 5.98. The van der Waals surface area contributed by atoms with Gasteiger partial charge in [-0.2, -0.15) is 0 Å². The lowest BCUT2D eigenvalue weighted by atomic mass is 10.3. The van der Waals surface area contributed by atoms with Crippen LogP contribution in [0.2, 0.25) is 5.02 Å². The molecule has 0 aromatic heterocycles. The monoisotopic (exact) mass is 405 g/mol. The summed E-state index contributed by atoms with van der Waals surface area (Å²) in [6.07, 6.45) is 0. The summed E-state index contributed by atoms with van der Waals surface area (Å²) in [6, 6.07) is 12.1. The van der Waals surface area contributed by atoms with Gasteiger partial charge in [0.25, 0.3) is 0 Å². The average Bonchev–Trinajstić information content (AvgIpc) is 2.68. The predicted molar refractivity (Wildman–Crippen MR) is 110 cm³/mol. The molecule has 7 nitrogen and oxygen atoms in total. The van der Waals surface area contributed by atoms with Crippen molar-refractivity contribution in [3.63, 3.8) is 0 Å². The Balaban J connectivity index is 1.95. The van der Waals surface area contributed by atoms with E-state index in [0.29, 0.717) is 34.4 Å². The first-order valence-electron chi connectivity index (χ1n) is 8.75. The zero-order valence-electron chi connectivity index (χ0n) is 16.1. The van der Waals surface area contributed by atoms with E-state index in [2.05, 4.69) is 10.6 Å². The average molecular weight is 406 g/mol. The molecular weight excluding hydrogens is 382 g/mol. The molecule has 0 saturated heterocycles. The Morgan fingerprint density at radius 1 is 0.929 bits per heavy atom. The summed E-state index contributed by atoms with van der Waals surface area (Å²) < 4.78 is 10.4. The van der Waals surface area contributed by atoms with E-state index in [0.717, 1.165) is 0 Å². The highest BCUT2D eigenvalue weighted by molar-refractivity contribution is 6.31. The fraction of sp³-hybridized carbons (Fsp3) is 0.300. The molecule has 2 aromatic carbocycles. The molecule has 2 aromatic rings. The molecule has 8 heteroatoms. The lowest BCUT2D eigenvalue weighted by Gasteiger charge is -2.20. The molecule has 0 fully saturated rings. The molecule has 2 amide bonds. The molecular formula is C20H24ClN3O4. The van der Waals surface area contributed by atoms with Gasteiger partial charge in [-0.15, -0.1) is 0 Å². The fourth-order valence-corrected chi connectivity index (χ4v) is 2.76. The van der Waals surface area contributed by atoms with Crippen LogP contribution in [-0.2, 0) is 9.59 Å². The van der Waals surface area contributed by atoms with Crippen LogP contribution in [0.5, 0.6) is 11.5 Å². The molecule has 2 rings (SSSR count). The van der Waals surface area contributed by atoms with Crippen molar-refractivity contribution in [2.45, 2.75) is 6.92 Å². The molecule has 0 saturated carbocycles. The number of amides is 2. The molecule has 0 aliphatic heterocycles. The molecule has 150 valence electrons. The Hall–Kier alpha value is -2.77. The van der Waals surface area contributed by atoms with Crippen molar-refractivity contribution in [2.75, 3.05) is 44.5 Å². The minimum absolute atomic E-state index is 0.0471. The smallest absolute Gasteiger partial charge is 0.238 e. The Labute approximate surface area is 169 Å². The summed E-state index contributed by atoms with van der Waals surface area (Å²) in [7, 11) is 3.05. The van der Waals surface area contributed by atoms with Crippen LogP contribution in [0.25, 0.3) is 0 Å². The SMILES string of the molecule is CCN(CC(=O)Nc1ccccc1OC)CC(=O)Nc1cc(Cl)ccc1OC. The number of para-hydroxylation sites is 2. The molecule has 0 radical (unpaired) electrons. The van der Waals surface area contributed by atoms with Crippen LogP contribution < -0.4 is 20.1 Å². The number of hydrogen-bond acceptors (Lipinski definition) is 5. The van der Waals surface area contributed by atoms with Gasteiger partial charge in [0.05, 0.1) is 38.7 Å². The molecule has 0 spiro atoms. The van der Waals surface area contributed by atoms with Crippen LogP contribution in [0.4, 0.5) is 11.4 Å². The maximum Gasteiger partial charge on any atom is 0.238 e. The van der Waals surface area contributed by atoms with Gasteiger partial charge in [0.1, 0.15) is 11.5 Å². The summed E-state index contributed by atoms with van der Waals surface area (Å²) in [5.41, 5.74) is 1.06. The van der Waals surface area contributed by atoms with Crippen LogP contribution >= 0.6 is 11.6 Å². The van der Waals surface area contributed by atoms with Crippen molar-refractivity contribution in [3.05, 3.63) is 47.5 Å². The minimum atomic E-state index is -0.271. The molecule has 0 bridgehead atoms. The highest BCUT2D eigenvalue weighted by Gasteiger charge is 2.16. The lowest BCUT2D eigenvalue weighted by Crippen LogP contribution is -2.38. The Kier molecular flexibility index (Phi) is 8.10. The van der Waals surface area contributed by atoms with Crippen molar-refractivity contribution in [1.82, 2.24) is 4.90 Å². The highest BCUT2D eigenvalue weighted by Crippen LogP contribution is 2.27. The van der Waals surface area contributed by atoms with Gasteiger partial charge in [0, 0.05) is 5.02 Å². The van der Waals surface area contributed by atoms with Gasteiger partial charge in [-0.1, -0.05) is 30.7 Å². The predicted octanol–water partition coefficient (Wildman–Crippen LogP) is 3.26. The molecule has 0 aliphatic carbocycles. The van der Waals surface area contributed by atoms with E-state index >= 15 is 0 Å². The third-order valence-electron chi connectivity index (χ3n) is 4.00. The number of benzene rings is 2. The number of carbonyl (C=O) groups excluding carboxylic acids is 2. The van der Waals surface area contributed by atoms with E-state index in [1.54, 1.807) is 35.2 Å². The Bertz CT molecular complexity index is 829. The molecule has 0 heterocycles. The quantitative estimate of drug-likeness (QED) is 0.669.